The first-order valence-corrected chi connectivity index (χ1v) is 9.25. The molecule has 5 nitrogen and oxygen atoms in total. The number of aromatic nitrogens is 2. The number of fused-ring (bicyclic) bond motifs is 1. The van der Waals surface area contributed by atoms with E-state index in [2.05, 4.69) is 10.3 Å². The molecule has 24 heavy (non-hydrogen) atoms. The van der Waals surface area contributed by atoms with Crippen molar-refractivity contribution in [2.45, 2.75) is 11.7 Å². The summed E-state index contributed by atoms with van der Waals surface area (Å²) in [4.78, 5) is 29.2. The van der Waals surface area contributed by atoms with Gasteiger partial charge in [-0.25, -0.2) is 9.37 Å². The van der Waals surface area contributed by atoms with E-state index >= 15 is 0 Å². The van der Waals surface area contributed by atoms with E-state index in [-0.39, 0.29) is 22.8 Å². The second-order valence-corrected chi connectivity index (χ2v) is 6.89. The molecule has 0 atom stereocenters. The van der Waals surface area contributed by atoms with Gasteiger partial charge < -0.3 is 5.32 Å². The molecular formula is C15H11ClFN3O2S2. The molecule has 0 fully saturated rings. The van der Waals surface area contributed by atoms with E-state index in [1.807, 2.05) is 0 Å². The van der Waals surface area contributed by atoms with E-state index in [4.69, 9.17) is 11.6 Å². The lowest BCUT2D eigenvalue weighted by atomic mass is 10.3. The van der Waals surface area contributed by atoms with Crippen LogP contribution in [0.25, 0.3) is 10.2 Å². The molecule has 0 aliphatic heterocycles. The summed E-state index contributed by atoms with van der Waals surface area (Å²) in [6.45, 7) is -0.233. The van der Waals surface area contributed by atoms with E-state index in [0.717, 1.165) is 6.07 Å². The van der Waals surface area contributed by atoms with Gasteiger partial charge in [0.05, 0.1) is 16.2 Å². The molecule has 9 heteroatoms. The van der Waals surface area contributed by atoms with Crippen LogP contribution in [0.5, 0.6) is 0 Å². The molecule has 124 valence electrons. The molecule has 0 saturated carbocycles. The van der Waals surface area contributed by atoms with Gasteiger partial charge in [0.2, 0.25) is 5.91 Å². The molecule has 0 aliphatic carbocycles. The smallest absolute Gasteiger partial charge is 0.272 e. The Morgan fingerprint density at radius 3 is 3.00 bits per heavy atom. The van der Waals surface area contributed by atoms with Gasteiger partial charge in [-0.1, -0.05) is 23.4 Å². The molecule has 2 aromatic heterocycles. The Labute approximate surface area is 149 Å². The summed E-state index contributed by atoms with van der Waals surface area (Å²) in [7, 11) is 0. The van der Waals surface area contributed by atoms with Gasteiger partial charge in [0.15, 0.2) is 5.16 Å². The van der Waals surface area contributed by atoms with Crippen LogP contribution < -0.4 is 10.9 Å². The summed E-state index contributed by atoms with van der Waals surface area (Å²) < 4.78 is 15.1. The minimum Gasteiger partial charge on any atom is -0.323 e. The number of thioether (sulfide) groups is 1. The predicted octanol–water partition coefficient (Wildman–Crippen LogP) is 3.61. The summed E-state index contributed by atoms with van der Waals surface area (Å²) in [5.74, 6) is -1.00. The maximum atomic E-state index is 13.3. The number of rotatable bonds is 4. The zero-order valence-electron chi connectivity index (χ0n) is 12.4. The minimum absolute atomic E-state index is 0.158. The molecule has 0 unspecified atom stereocenters. The van der Waals surface area contributed by atoms with Gasteiger partial charge in [-0.05, 0) is 35.9 Å². The quantitative estimate of drug-likeness (QED) is 0.552. The topological polar surface area (TPSA) is 64.0 Å². The van der Waals surface area contributed by atoms with Crippen molar-refractivity contribution in [1.82, 2.24) is 9.55 Å². The van der Waals surface area contributed by atoms with Crippen LogP contribution in [0.1, 0.15) is 0 Å². The summed E-state index contributed by atoms with van der Waals surface area (Å²) >= 11 is 8.48. The van der Waals surface area contributed by atoms with Gasteiger partial charge in [-0.3, -0.25) is 14.2 Å². The molecule has 0 spiro atoms. The number of hydrogen-bond acceptors (Lipinski definition) is 5. The molecule has 0 bridgehead atoms. The lowest BCUT2D eigenvalue weighted by Crippen LogP contribution is -2.29. The van der Waals surface area contributed by atoms with Crippen LogP contribution in [0, 0.1) is 5.82 Å². The number of nitrogens with zero attached hydrogens (tertiary/aromatic N) is 2. The van der Waals surface area contributed by atoms with E-state index in [1.54, 1.807) is 17.7 Å². The van der Waals surface area contributed by atoms with Crippen molar-refractivity contribution >= 4 is 56.5 Å². The number of anilines is 1. The molecular weight excluding hydrogens is 373 g/mol. The summed E-state index contributed by atoms with van der Waals surface area (Å²) in [5, 5.41) is 4.95. The van der Waals surface area contributed by atoms with Gasteiger partial charge in [0.1, 0.15) is 17.1 Å². The average Bonchev–Trinajstić information content (AvgIpc) is 3.02. The number of carbonyl (C=O) groups excluding carboxylic acids is 1. The maximum Gasteiger partial charge on any atom is 0.272 e. The fraction of sp³-hybridized carbons (Fsp3) is 0.133. The Kier molecular flexibility index (Phi) is 4.88. The number of nitrogens with one attached hydrogen (secondary N) is 1. The molecule has 1 N–H and O–H groups in total. The SMILES string of the molecule is CSc1nc2ccsc2c(=O)n1CC(=O)Nc1cc(F)ccc1Cl. The maximum absolute atomic E-state index is 13.3. The highest BCUT2D eigenvalue weighted by molar-refractivity contribution is 7.98. The van der Waals surface area contributed by atoms with Crippen LogP contribution in [-0.4, -0.2) is 21.7 Å². The zero-order valence-corrected chi connectivity index (χ0v) is 14.8. The van der Waals surface area contributed by atoms with Crippen molar-refractivity contribution in [3.8, 4) is 0 Å². The van der Waals surface area contributed by atoms with Crippen molar-refractivity contribution in [2.75, 3.05) is 11.6 Å². The summed E-state index contributed by atoms with van der Waals surface area (Å²) in [6, 6.07) is 5.44. The fourth-order valence-electron chi connectivity index (χ4n) is 2.15. The predicted molar refractivity (Wildman–Crippen MR) is 95.7 cm³/mol. The largest absolute Gasteiger partial charge is 0.323 e. The molecule has 3 rings (SSSR count). The van der Waals surface area contributed by atoms with E-state index in [1.165, 1.54) is 39.8 Å². The van der Waals surface area contributed by atoms with Crippen molar-refractivity contribution in [3.63, 3.8) is 0 Å². The first kappa shape index (κ1) is 16.9. The molecule has 0 saturated heterocycles. The standard InChI is InChI=1S/C15H11ClFN3O2S2/c1-23-15-19-10-4-5-24-13(10)14(22)20(15)7-12(21)18-11-6-8(17)2-3-9(11)16/h2-6H,7H2,1H3,(H,18,21). The minimum atomic E-state index is -0.515. The lowest BCUT2D eigenvalue weighted by molar-refractivity contribution is -0.116. The molecule has 1 aromatic carbocycles. The Balaban J connectivity index is 1.91. The molecule has 0 radical (unpaired) electrons. The number of benzene rings is 1. The molecule has 3 aromatic rings. The van der Waals surface area contributed by atoms with Crippen molar-refractivity contribution in [1.29, 1.82) is 0 Å². The highest BCUT2D eigenvalue weighted by Crippen LogP contribution is 2.23. The van der Waals surface area contributed by atoms with Crippen molar-refractivity contribution < 1.29 is 9.18 Å². The molecule has 0 aliphatic rings. The first-order valence-electron chi connectivity index (χ1n) is 6.76. The first-order chi connectivity index (χ1) is 11.5. The van der Waals surface area contributed by atoms with Gasteiger partial charge >= 0.3 is 0 Å². The average molecular weight is 384 g/mol. The Bertz CT molecular complexity index is 986. The highest BCUT2D eigenvalue weighted by Gasteiger charge is 2.15. The normalized spacial score (nSPS) is 11.0. The zero-order chi connectivity index (χ0) is 17.3. The van der Waals surface area contributed by atoms with E-state index in [0.29, 0.717) is 15.4 Å². The monoisotopic (exact) mass is 383 g/mol. The Morgan fingerprint density at radius 1 is 1.46 bits per heavy atom. The van der Waals surface area contributed by atoms with Crippen LogP contribution in [0.2, 0.25) is 5.02 Å². The van der Waals surface area contributed by atoms with Crippen LogP contribution in [0.4, 0.5) is 10.1 Å². The number of carbonyl (C=O) groups is 1. The third-order valence-corrected chi connectivity index (χ3v) is 5.12. The second kappa shape index (κ2) is 6.92. The fourth-order valence-corrected chi connectivity index (χ4v) is 3.65. The molecule has 1 amide bonds. The molecule has 2 heterocycles. The third kappa shape index (κ3) is 3.31. The Hall–Kier alpha value is -1.90. The number of thiophene rings is 1. The van der Waals surface area contributed by atoms with Crippen LogP contribution in [0.3, 0.4) is 0 Å². The van der Waals surface area contributed by atoms with Crippen LogP contribution in [-0.2, 0) is 11.3 Å². The number of hydrogen-bond donors (Lipinski definition) is 1. The van der Waals surface area contributed by atoms with Gasteiger partial charge in [-0.2, -0.15) is 0 Å². The van der Waals surface area contributed by atoms with Gasteiger partial charge in [0, 0.05) is 0 Å². The van der Waals surface area contributed by atoms with E-state index < -0.39 is 11.7 Å². The number of amides is 1. The highest BCUT2D eigenvalue weighted by atomic mass is 35.5. The lowest BCUT2D eigenvalue weighted by Gasteiger charge is -2.11. The van der Waals surface area contributed by atoms with Crippen molar-refractivity contribution in [2.24, 2.45) is 0 Å². The second-order valence-electron chi connectivity index (χ2n) is 4.80. The third-order valence-electron chi connectivity index (χ3n) is 3.22. The number of halogens is 2. The van der Waals surface area contributed by atoms with Crippen LogP contribution >= 0.6 is 34.7 Å². The van der Waals surface area contributed by atoms with Crippen molar-refractivity contribution in [3.05, 3.63) is 50.8 Å². The summed E-state index contributed by atoms with van der Waals surface area (Å²) in [5.41, 5.74) is 0.490. The Morgan fingerprint density at radius 2 is 2.25 bits per heavy atom. The van der Waals surface area contributed by atoms with Gasteiger partial charge in [0.25, 0.3) is 5.56 Å². The van der Waals surface area contributed by atoms with E-state index in [9.17, 15) is 14.0 Å². The van der Waals surface area contributed by atoms with Gasteiger partial charge in [-0.15, -0.1) is 11.3 Å². The summed E-state index contributed by atoms with van der Waals surface area (Å²) in [6.07, 6.45) is 1.78. The van der Waals surface area contributed by atoms with Crippen LogP contribution in [0.15, 0.2) is 39.6 Å².